The summed E-state index contributed by atoms with van der Waals surface area (Å²) in [5.74, 6) is -2.87. The number of halogens is 1. The maximum absolute atomic E-state index is 14.0. The summed E-state index contributed by atoms with van der Waals surface area (Å²) >= 11 is 0. The Hall–Kier alpha value is -4.38. The van der Waals surface area contributed by atoms with Crippen LogP contribution in [0, 0.1) is 5.82 Å². The van der Waals surface area contributed by atoms with Gasteiger partial charge >= 0.3 is 0 Å². The van der Waals surface area contributed by atoms with Gasteiger partial charge in [0.25, 0.3) is 11.8 Å². The lowest BCUT2D eigenvalue weighted by atomic mass is 10.0. The fourth-order valence-corrected chi connectivity index (χ4v) is 3.63. The predicted molar refractivity (Wildman–Crippen MR) is 120 cm³/mol. The van der Waals surface area contributed by atoms with Gasteiger partial charge in [-0.15, -0.1) is 0 Å². The van der Waals surface area contributed by atoms with Crippen LogP contribution >= 0.6 is 0 Å². The minimum absolute atomic E-state index is 0.0193. The van der Waals surface area contributed by atoms with Gasteiger partial charge in [-0.3, -0.25) is 14.4 Å². The standard InChI is InChI=1S/C23H21FN6O4/c24-14-2-1-3-18(31)19(14)20(32)12-4-6-13(7-5-12)21(33)28-16-10-26-11-17(16)29-22(34)15-8-9-27-23(25)30-15/h1-9,16-17,26,31H,10-11H2,(H,28,33)(H,29,34)(H2,25,27,30)/t16?,17-/m1/s1. The van der Waals surface area contributed by atoms with Crippen molar-refractivity contribution in [3.63, 3.8) is 0 Å². The Balaban J connectivity index is 1.41. The van der Waals surface area contributed by atoms with Crippen molar-refractivity contribution in [1.29, 1.82) is 0 Å². The summed E-state index contributed by atoms with van der Waals surface area (Å²) in [7, 11) is 0. The molecule has 10 nitrogen and oxygen atoms in total. The van der Waals surface area contributed by atoms with E-state index < -0.39 is 46.8 Å². The number of nitrogen functional groups attached to an aromatic ring is 1. The molecule has 1 aromatic heterocycles. The van der Waals surface area contributed by atoms with Crippen molar-refractivity contribution in [3.05, 3.63) is 82.9 Å². The number of rotatable bonds is 6. The first-order valence-electron chi connectivity index (χ1n) is 10.4. The van der Waals surface area contributed by atoms with Crippen LogP contribution in [0.2, 0.25) is 0 Å². The van der Waals surface area contributed by atoms with Crippen molar-refractivity contribution in [2.45, 2.75) is 12.1 Å². The van der Waals surface area contributed by atoms with Gasteiger partial charge in [0.1, 0.15) is 17.3 Å². The minimum atomic E-state index is -0.835. The number of phenolic OH excluding ortho intramolecular Hbond substituents is 1. The lowest BCUT2D eigenvalue weighted by Gasteiger charge is -2.21. The van der Waals surface area contributed by atoms with E-state index in [0.29, 0.717) is 13.1 Å². The number of hydrogen-bond acceptors (Lipinski definition) is 8. The number of nitrogens with zero attached hydrogens (tertiary/aromatic N) is 2. The molecule has 6 N–H and O–H groups in total. The van der Waals surface area contributed by atoms with E-state index in [4.69, 9.17) is 5.73 Å². The number of carbonyl (C=O) groups excluding carboxylic acids is 3. The normalized spacial score (nSPS) is 17.2. The Kier molecular flexibility index (Phi) is 6.46. The summed E-state index contributed by atoms with van der Waals surface area (Å²) in [6.45, 7) is 0.878. The average Bonchev–Trinajstić information content (AvgIpc) is 3.25. The fraction of sp³-hybridized carbons (Fsp3) is 0.174. The molecule has 11 heteroatoms. The van der Waals surface area contributed by atoms with Gasteiger partial charge in [0.2, 0.25) is 5.95 Å². The molecule has 1 saturated heterocycles. The molecule has 34 heavy (non-hydrogen) atoms. The molecular weight excluding hydrogens is 443 g/mol. The number of ketones is 1. The number of phenols is 1. The second-order valence-electron chi connectivity index (χ2n) is 7.66. The lowest BCUT2D eigenvalue weighted by molar-refractivity contribution is 0.0894. The third kappa shape index (κ3) is 4.84. The summed E-state index contributed by atoms with van der Waals surface area (Å²) in [5.41, 5.74) is 5.59. The first kappa shape index (κ1) is 22.8. The number of carbonyl (C=O) groups is 3. The third-order valence-corrected chi connectivity index (χ3v) is 5.38. The largest absolute Gasteiger partial charge is 0.507 e. The molecule has 1 aliphatic rings. The molecule has 0 bridgehead atoms. The van der Waals surface area contributed by atoms with E-state index in [0.717, 1.165) is 6.07 Å². The van der Waals surface area contributed by atoms with Crippen LogP contribution in [-0.2, 0) is 0 Å². The summed E-state index contributed by atoms with van der Waals surface area (Å²) in [6, 6.07) is 9.88. The number of amides is 2. The average molecular weight is 464 g/mol. The SMILES string of the molecule is Nc1nccc(C(=O)N[C@@H]2CNCC2NC(=O)c2ccc(C(=O)c3c(O)cccc3F)cc2)n1. The van der Waals surface area contributed by atoms with Crippen LogP contribution in [-0.4, -0.2) is 57.8 Å². The molecule has 2 heterocycles. The lowest BCUT2D eigenvalue weighted by Crippen LogP contribution is -2.51. The van der Waals surface area contributed by atoms with Crippen molar-refractivity contribution >= 4 is 23.5 Å². The van der Waals surface area contributed by atoms with E-state index in [1.165, 1.54) is 48.7 Å². The monoisotopic (exact) mass is 464 g/mol. The quantitative estimate of drug-likeness (QED) is 0.332. The molecule has 0 radical (unpaired) electrons. The molecule has 174 valence electrons. The second kappa shape index (κ2) is 9.63. The van der Waals surface area contributed by atoms with Crippen LogP contribution in [0.5, 0.6) is 5.75 Å². The van der Waals surface area contributed by atoms with Gasteiger partial charge in [0.15, 0.2) is 5.78 Å². The molecule has 1 aliphatic heterocycles. The highest BCUT2D eigenvalue weighted by Gasteiger charge is 2.30. The molecule has 2 amide bonds. The maximum atomic E-state index is 14.0. The van der Waals surface area contributed by atoms with E-state index in [-0.39, 0.29) is 22.8 Å². The van der Waals surface area contributed by atoms with Crippen molar-refractivity contribution in [2.75, 3.05) is 18.8 Å². The number of nitrogens with one attached hydrogen (secondary N) is 3. The zero-order chi connectivity index (χ0) is 24.2. The summed E-state index contributed by atoms with van der Waals surface area (Å²) in [5, 5.41) is 18.6. The van der Waals surface area contributed by atoms with Crippen molar-refractivity contribution in [2.24, 2.45) is 0 Å². The van der Waals surface area contributed by atoms with Gasteiger partial charge in [0, 0.05) is 30.4 Å². The van der Waals surface area contributed by atoms with E-state index in [1.54, 1.807) is 0 Å². The molecule has 0 aliphatic carbocycles. The summed E-state index contributed by atoms with van der Waals surface area (Å²) < 4.78 is 14.0. The van der Waals surface area contributed by atoms with Crippen LogP contribution in [0.25, 0.3) is 0 Å². The smallest absolute Gasteiger partial charge is 0.270 e. The van der Waals surface area contributed by atoms with Crippen molar-refractivity contribution in [1.82, 2.24) is 25.9 Å². The predicted octanol–water partition coefficient (Wildman–Crippen LogP) is 0.635. The highest BCUT2D eigenvalue weighted by atomic mass is 19.1. The topological polar surface area (TPSA) is 159 Å². The molecule has 0 saturated carbocycles. The van der Waals surface area contributed by atoms with Crippen LogP contribution < -0.4 is 21.7 Å². The second-order valence-corrected chi connectivity index (χ2v) is 7.66. The van der Waals surface area contributed by atoms with Gasteiger partial charge in [-0.1, -0.05) is 18.2 Å². The minimum Gasteiger partial charge on any atom is -0.507 e. The molecule has 0 spiro atoms. The zero-order valence-corrected chi connectivity index (χ0v) is 17.8. The third-order valence-electron chi connectivity index (χ3n) is 5.38. The first-order valence-corrected chi connectivity index (χ1v) is 10.4. The van der Waals surface area contributed by atoms with E-state index in [9.17, 15) is 23.9 Å². The highest BCUT2D eigenvalue weighted by Crippen LogP contribution is 2.23. The van der Waals surface area contributed by atoms with Crippen LogP contribution in [0.15, 0.2) is 54.7 Å². The number of nitrogens with two attached hydrogens (primary N) is 1. The zero-order valence-electron chi connectivity index (χ0n) is 17.8. The Morgan fingerprint density at radius 3 is 2.26 bits per heavy atom. The van der Waals surface area contributed by atoms with Crippen LogP contribution in [0.4, 0.5) is 10.3 Å². The first-order chi connectivity index (χ1) is 16.3. The highest BCUT2D eigenvalue weighted by molar-refractivity contribution is 6.11. The molecule has 2 aromatic carbocycles. The molecule has 2 atom stereocenters. The number of benzene rings is 2. The number of anilines is 1. The number of aromatic hydroxyl groups is 1. The van der Waals surface area contributed by atoms with Gasteiger partial charge in [-0.05, 0) is 30.3 Å². The maximum Gasteiger partial charge on any atom is 0.270 e. The van der Waals surface area contributed by atoms with Crippen molar-refractivity contribution in [3.8, 4) is 5.75 Å². The molecule has 3 aromatic rings. The fourth-order valence-electron chi connectivity index (χ4n) is 3.63. The Morgan fingerprint density at radius 2 is 1.62 bits per heavy atom. The van der Waals surface area contributed by atoms with Gasteiger partial charge in [-0.2, -0.15) is 0 Å². The van der Waals surface area contributed by atoms with E-state index >= 15 is 0 Å². The Morgan fingerprint density at radius 1 is 0.971 bits per heavy atom. The van der Waals surface area contributed by atoms with Crippen molar-refractivity contribution < 1.29 is 23.9 Å². The van der Waals surface area contributed by atoms with Crippen LogP contribution in [0.3, 0.4) is 0 Å². The van der Waals surface area contributed by atoms with E-state index in [1.807, 2.05) is 0 Å². The number of aromatic nitrogens is 2. The molecule has 1 fully saturated rings. The van der Waals surface area contributed by atoms with Gasteiger partial charge in [-0.25, -0.2) is 14.4 Å². The van der Waals surface area contributed by atoms with Gasteiger partial charge in [0.05, 0.1) is 17.6 Å². The molecule has 4 rings (SSSR count). The van der Waals surface area contributed by atoms with Gasteiger partial charge < -0.3 is 26.8 Å². The summed E-state index contributed by atoms with van der Waals surface area (Å²) in [4.78, 5) is 45.4. The Bertz CT molecular complexity index is 1230. The van der Waals surface area contributed by atoms with E-state index in [2.05, 4.69) is 25.9 Å². The molecule has 1 unspecified atom stereocenters. The number of hydrogen-bond donors (Lipinski definition) is 5. The summed E-state index contributed by atoms with van der Waals surface area (Å²) in [6.07, 6.45) is 1.38. The van der Waals surface area contributed by atoms with Crippen LogP contribution in [0.1, 0.15) is 36.8 Å². The Labute approximate surface area is 193 Å². The molecular formula is C23H21FN6O4.